The van der Waals surface area contributed by atoms with Crippen LogP contribution >= 0.6 is 0 Å². The van der Waals surface area contributed by atoms with E-state index in [0.717, 1.165) is 24.9 Å². The standard InChI is InChI=1S/C16H21NO/c17-14-7-5-13(6-8-14)16(9-10-16)15(18)11-12-3-1-2-4-12/h5-8,12H,1-4,9-11,17H2. The van der Waals surface area contributed by atoms with E-state index in [1.165, 1.54) is 31.2 Å². The Morgan fingerprint density at radius 3 is 2.33 bits per heavy atom. The van der Waals surface area contributed by atoms with E-state index in [4.69, 9.17) is 5.73 Å². The number of carbonyl (C=O) groups is 1. The predicted octanol–water partition coefficient (Wildman–Crippen LogP) is 3.45. The second-order valence-corrected chi connectivity index (χ2v) is 5.98. The van der Waals surface area contributed by atoms with Gasteiger partial charge in [0.25, 0.3) is 0 Å². The zero-order chi connectivity index (χ0) is 12.6. The van der Waals surface area contributed by atoms with Crippen LogP contribution in [0.2, 0.25) is 0 Å². The number of carbonyl (C=O) groups excluding carboxylic acids is 1. The van der Waals surface area contributed by atoms with Crippen LogP contribution in [0.25, 0.3) is 0 Å². The maximum atomic E-state index is 12.5. The number of anilines is 1. The SMILES string of the molecule is Nc1ccc(C2(C(=O)CC3CCCC3)CC2)cc1. The first-order valence-electron chi connectivity index (χ1n) is 7.10. The molecule has 0 radical (unpaired) electrons. The summed E-state index contributed by atoms with van der Waals surface area (Å²) >= 11 is 0. The van der Waals surface area contributed by atoms with Crippen LogP contribution in [0.15, 0.2) is 24.3 Å². The predicted molar refractivity (Wildman–Crippen MR) is 73.3 cm³/mol. The highest BCUT2D eigenvalue weighted by Gasteiger charge is 2.50. The number of nitrogen functional groups attached to an aromatic ring is 1. The molecule has 0 bridgehead atoms. The molecule has 2 N–H and O–H groups in total. The number of nitrogens with two attached hydrogens (primary N) is 1. The lowest BCUT2D eigenvalue weighted by Gasteiger charge is -2.17. The maximum Gasteiger partial charge on any atom is 0.143 e. The van der Waals surface area contributed by atoms with Gasteiger partial charge in [-0.05, 0) is 36.5 Å². The normalized spacial score (nSPS) is 22.0. The maximum absolute atomic E-state index is 12.5. The van der Waals surface area contributed by atoms with Gasteiger partial charge >= 0.3 is 0 Å². The zero-order valence-electron chi connectivity index (χ0n) is 10.8. The molecule has 0 unspecified atom stereocenters. The highest BCUT2D eigenvalue weighted by atomic mass is 16.1. The molecule has 18 heavy (non-hydrogen) atoms. The minimum absolute atomic E-state index is 0.143. The van der Waals surface area contributed by atoms with Gasteiger partial charge < -0.3 is 5.73 Å². The molecule has 2 nitrogen and oxygen atoms in total. The summed E-state index contributed by atoms with van der Waals surface area (Å²) in [4.78, 5) is 12.5. The fourth-order valence-corrected chi connectivity index (χ4v) is 3.33. The van der Waals surface area contributed by atoms with Crippen LogP contribution in [0, 0.1) is 5.92 Å². The van der Waals surface area contributed by atoms with Crippen LogP contribution in [0.5, 0.6) is 0 Å². The molecule has 0 heterocycles. The van der Waals surface area contributed by atoms with Gasteiger partial charge in [-0.25, -0.2) is 0 Å². The third-order valence-electron chi connectivity index (χ3n) is 4.70. The number of hydrogen-bond acceptors (Lipinski definition) is 2. The number of benzene rings is 1. The van der Waals surface area contributed by atoms with Crippen LogP contribution in [-0.2, 0) is 10.2 Å². The van der Waals surface area contributed by atoms with Gasteiger partial charge in [0, 0.05) is 12.1 Å². The first kappa shape index (κ1) is 11.8. The van der Waals surface area contributed by atoms with Crippen LogP contribution < -0.4 is 5.73 Å². The van der Waals surface area contributed by atoms with Crippen LogP contribution in [0.4, 0.5) is 5.69 Å². The molecular weight excluding hydrogens is 222 g/mol. The van der Waals surface area contributed by atoms with E-state index in [9.17, 15) is 4.79 Å². The van der Waals surface area contributed by atoms with Gasteiger partial charge in [0.15, 0.2) is 0 Å². The lowest BCUT2D eigenvalue weighted by molar-refractivity contribution is -0.122. The van der Waals surface area contributed by atoms with Gasteiger partial charge in [-0.3, -0.25) is 4.79 Å². The van der Waals surface area contributed by atoms with Crippen molar-refractivity contribution in [2.75, 3.05) is 5.73 Å². The Morgan fingerprint density at radius 2 is 1.78 bits per heavy atom. The molecule has 0 amide bonds. The second-order valence-electron chi connectivity index (χ2n) is 5.98. The molecule has 1 aromatic carbocycles. The summed E-state index contributed by atoms with van der Waals surface area (Å²) in [6.45, 7) is 0. The van der Waals surface area contributed by atoms with Crippen LogP contribution in [0.1, 0.15) is 50.5 Å². The Balaban J connectivity index is 1.73. The van der Waals surface area contributed by atoms with Crippen molar-refractivity contribution in [2.45, 2.75) is 50.4 Å². The molecule has 1 aromatic rings. The van der Waals surface area contributed by atoms with Crippen molar-refractivity contribution in [1.82, 2.24) is 0 Å². The lowest BCUT2D eigenvalue weighted by Crippen LogP contribution is -2.22. The minimum atomic E-state index is -0.143. The fourth-order valence-electron chi connectivity index (χ4n) is 3.33. The van der Waals surface area contributed by atoms with Crippen molar-refractivity contribution in [1.29, 1.82) is 0 Å². The van der Waals surface area contributed by atoms with E-state index in [1.54, 1.807) is 0 Å². The smallest absolute Gasteiger partial charge is 0.143 e. The number of Topliss-reactive ketones (excluding diaryl/α,β-unsaturated/α-hetero) is 1. The average molecular weight is 243 g/mol. The molecule has 2 fully saturated rings. The Bertz CT molecular complexity index is 439. The van der Waals surface area contributed by atoms with Gasteiger partial charge in [-0.2, -0.15) is 0 Å². The Labute approximate surface area is 109 Å². The average Bonchev–Trinajstić information content (AvgIpc) is 3.03. The molecule has 2 saturated carbocycles. The molecule has 0 atom stereocenters. The van der Waals surface area contributed by atoms with Gasteiger partial charge in [-0.1, -0.05) is 37.8 Å². The molecule has 0 aromatic heterocycles. The third-order valence-corrected chi connectivity index (χ3v) is 4.70. The van der Waals surface area contributed by atoms with Crippen molar-refractivity contribution in [3.05, 3.63) is 29.8 Å². The minimum Gasteiger partial charge on any atom is -0.399 e. The Kier molecular flexibility index (Phi) is 2.89. The number of hydrogen-bond donors (Lipinski definition) is 1. The summed E-state index contributed by atoms with van der Waals surface area (Å²) in [6, 6.07) is 7.90. The van der Waals surface area contributed by atoms with Gasteiger partial charge in [0.1, 0.15) is 5.78 Å². The molecule has 0 spiro atoms. The first-order chi connectivity index (χ1) is 8.71. The van der Waals surface area contributed by atoms with Crippen molar-refractivity contribution in [3.63, 3.8) is 0 Å². The van der Waals surface area contributed by atoms with Crippen LogP contribution in [0.3, 0.4) is 0 Å². The highest BCUT2D eigenvalue weighted by molar-refractivity contribution is 5.93. The molecule has 0 saturated heterocycles. The van der Waals surface area contributed by atoms with E-state index < -0.39 is 0 Å². The van der Waals surface area contributed by atoms with Crippen molar-refractivity contribution in [3.8, 4) is 0 Å². The third kappa shape index (κ3) is 2.05. The molecular formula is C16H21NO. The summed E-state index contributed by atoms with van der Waals surface area (Å²) in [6.07, 6.45) is 7.99. The van der Waals surface area contributed by atoms with E-state index in [2.05, 4.69) is 0 Å². The highest BCUT2D eigenvalue weighted by Crippen LogP contribution is 2.50. The van der Waals surface area contributed by atoms with Gasteiger partial charge in [0.2, 0.25) is 0 Å². The summed E-state index contributed by atoms with van der Waals surface area (Å²) in [5.41, 5.74) is 7.53. The Morgan fingerprint density at radius 1 is 1.17 bits per heavy atom. The molecule has 2 heteroatoms. The van der Waals surface area contributed by atoms with E-state index >= 15 is 0 Å². The largest absolute Gasteiger partial charge is 0.399 e. The monoisotopic (exact) mass is 243 g/mol. The number of rotatable bonds is 4. The molecule has 2 aliphatic carbocycles. The zero-order valence-corrected chi connectivity index (χ0v) is 10.8. The fraction of sp³-hybridized carbons (Fsp3) is 0.562. The topological polar surface area (TPSA) is 43.1 Å². The van der Waals surface area contributed by atoms with Crippen molar-refractivity contribution >= 4 is 11.5 Å². The molecule has 2 aliphatic rings. The number of ketones is 1. The van der Waals surface area contributed by atoms with E-state index in [-0.39, 0.29) is 5.41 Å². The summed E-state index contributed by atoms with van der Waals surface area (Å²) in [5, 5.41) is 0. The summed E-state index contributed by atoms with van der Waals surface area (Å²) < 4.78 is 0. The molecule has 96 valence electrons. The van der Waals surface area contributed by atoms with Gasteiger partial charge in [-0.15, -0.1) is 0 Å². The summed E-state index contributed by atoms with van der Waals surface area (Å²) in [7, 11) is 0. The van der Waals surface area contributed by atoms with E-state index in [0.29, 0.717) is 11.7 Å². The first-order valence-corrected chi connectivity index (χ1v) is 7.10. The quantitative estimate of drug-likeness (QED) is 0.823. The van der Waals surface area contributed by atoms with Gasteiger partial charge in [0.05, 0.1) is 5.41 Å². The van der Waals surface area contributed by atoms with Crippen molar-refractivity contribution < 1.29 is 4.79 Å². The molecule has 3 rings (SSSR count). The lowest BCUT2D eigenvalue weighted by atomic mass is 9.86. The molecule has 0 aliphatic heterocycles. The summed E-state index contributed by atoms with van der Waals surface area (Å²) in [5.74, 6) is 1.13. The Hall–Kier alpha value is -1.31. The van der Waals surface area contributed by atoms with E-state index in [1.807, 2.05) is 24.3 Å². The second kappa shape index (κ2) is 4.42. The van der Waals surface area contributed by atoms with Crippen molar-refractivity contribution in [2.24, 2.45) is 5.92 Å². The van der Waals surface area contributed by atoms with Crippen LogP contribution in [-0.4, -0.2) is 5.78 Å².